The monoisotopic (exact) mass is 328 g/mol. The molecular formula is C17H29ClN2O2. The molecule has 1 aliphatic heterocycles. The second kappa shape index (κ2) is 9.23. The highest BCUT2D eigenvalue weighted by Gasteiger charge is 2.22. The Bertz CT molecular complexity index is 462. The zero-order chi connectivity index (χ0) is 15.2. The largest absolute Gasteiger partial charge is 0.493 e. The van der Waals surface area contributed by atoms with Crippen molar-refractivity contribution in [3.63, 3.8) is 0 Å². The molecule has 1 unspecified atom stereocenters. The molecule has 4 nitrogen and oxygen atoms in total. The summed E-state index contributed by atoms with van der Waals surface area (Å²) in [6.45, 7) is 8.75. The third-order valence-electron chi connectivity index (χ3n) is 4.28. The fourth-order valence-corrected chi connectivity index (χ4v) is 3.04. The van der Waals surface area contributed by atoms with E-state index in [-0.39, 0.29) is 12.4 Å². The van der Waals surface area contributed by atoms with Crippen LogP contribution in [0, 0.1) is 6.92 Å². The average molecular weight is 329 g/mol. The van der Waals surface area contributed by atoms with Gasteiger partial charge in [0, 0.05) is 19.1 Å². The van der Waals surface area contributed by atoms with Gasteiger partial charge in [0.15, 0.2) is 11.5 Å². The van der Waals surface area contributed by atoms with Crippen LogP contribution >= 0.6 is 12.4 Å². The molecule has 1 saturated heterocycles. The quantitative estimate of drug-likeness (QED) is 0.834. The summed E-state index contributed by atoms with van der Waals surface area (Å²) < 4.78 is 10.8. The van der Waals surface area contributed by atoms with Gasteiger partial charge in [-0.1, -0.05) is 6.92 Å². The number of benzene rings is 1. The molecule has 0 bridgehead atoms. The van der Waals surface area contributed by atoms with Crippen molar-refractivity contribution < 1.29 is 9.47 Å². The number of nitrogens with one attached hydrogen (secondary N) is 1. The Morgan fingerprint density at radius 1 is 1.23 bits per heavy atom. The summed E-state index contributed by atoms with van der Waals surface area (Å²) in [6, 6.07) is 4.85. The van der Waals surface area contributed by atoms with Crippen LogP contribution < -0.4 is 14.8 Å². The molecule has 1 aliphatic rings. The topological polar surface area (TPSA) is 33.7 Å². The molecule has 5 heteroatoms. The van der Waals surface area contributed by atoms with E-state index in [0.717, 1.165) is 37.7 Å². The van der Waals surface area contributed by atoms with E-state index >= 15 is 0 Å². The van der Waals surface area contributed by atoms with Crippen molar-refractivity contribution in [1.82, 2.24) is 10.2 Å². The molecule has 0 radical (unpaired) electrons. The summed E-state index contributed by atoms with van der Waals surface area (Å²) in [4.78, 5) is 2.59. The first-order valence-electron chi connectivity index (χ1n) is 7.85. The predicted octanol–water partition coefficient (Wildman–Crippen LogP) is 3.01. The standard InChI is InChI=1S/C17H28N2O2.ClH/c1-5-8-19(15-6-7-18-11-15)12-14-10-17(21-4)16(20-3)9-13(14)2;/h9-10,15,18H,5-8,11-12H2,1-4H3;1H. The first-order chi connectivity index (χ1) is 10.2. The van der Waals surface area contributed by atoms with Crippen LogP contribution in [-0.2, 0) is 6.54 Å². The predicted molar refractivity (Wildman–Crippen MR) is 93.5 cm³/mol. The fourth-order valence-electron chi connectivity index (χ4n) is 3.04. The van der Waals surface area contributed by atoms with Crippen molar-refractivity contribution in [3.05, 3.63) is 23.3 Å². The molecular weight excluding hydrogens is 300 g/mol. The van der Waals surface area contributed by atoms with Gasteiger partial charge in [0.1, 0.15) is 0 Å². The number of methoxy groups -OCH3 is 2. The van der Waals surface area contributed by atoms with Crippen LogP contribution in [0.15, 0.2) is 12.1 Å². The minimum Gasteiger partial charge on any atom is -0.493 e. The molecule has 1 aromatic carbocycles. The van der Waals surface area contributed by atoms with Gasteiger partial charge in [-0.2, -0.15) is 0 Å². The Balaban J connectivity index is 0.00000242. The van der Waals surface area contributed by atoms with Crippen LogP contribution in [-0.4, -0.2) is 44.8 Å². The number of nitrogens with zero attached hydrogens (tertiary/aromatic N) is 1. The summed E-state index contributed by atoms with van der Waals surface area (Å²) in [7, 11) is 3.38. The van der Waals surface area contributed by atoms with E-state index in [1.165, 1.54) is 24.0 Å². The van der Waals surface area contributed by atoms with Crippen molar-refractivity contribution in [2.75, 3.05) is 33.9 Å². The number of hydrogen-bond acceptors (Lipinski definition) is 4. The number of halogens is 1. The first-order valence-corrected chi connectivity index (χ1v) is 7.85. The fraction of sp³-hybridized carbons (Fsp3) is 0.647. The summed E-state index contributed by atoms with van der Waals surface area (Å²) in [6.07, 6.45) is 2.43. The Morgan fingerprint density at radius 3 is 2.45 bits per heavy atom. The molecule has 1 fully saturated rings. The normalized spacial score (nSPS) is 17.4. The molecule has 126 valence electrons. The maximum absolute atomic E-state index is 5.44. The van der Waals surface area contributed by atoms with Gasteiger partial charge in [-0.3, -0.25) is 4.90 Å². The van der Waals surface area contributed by atoms with Crippen LogP contribution in [0.5, 0.6) is 11.5 Å². The molecule has 0 aliphatic carbocycles. The zero-order valence-electron chi connectivity index (χ0n) is 14.1. The highest BCUT2D eigenvalue weighted by Crippen LogP contribution is 2.31. The molecule has 2 rings (SSSR count). The maximum atomic E-state index is 5.44. The molecule has 0 amide bonds. The van der Waals surface area contributed by atoms with Crippen LogP contribution in [0.4, 0.5) is 0 Å². The van der Waals surface area contributed by atoms with Gasteiger partial charge < -0.3 is 14.8 Å². The Kier molecular flexibility index (Phi) is 8.01. The van der Waals surface area contributed by atoms with E-state index in [1.807, 2.05) is 0 Å². The third-order valence-corrected chi connectivity index (χ3v) is 4.28. The molecule has 0 aromatic heterocycles. The number of hydrogen-bond donors (Lipinski definition) is 1. The summed E-state index contributed by atoms with van der Waals surface area (Å²) in [5.41, 5.74) is 2.59. The SMILES string of the molecule is CCCN(Cc1cc(OC)c(OC)cc1C)C1CCNC1.Cl. The van der Waals surface area contributed by atoms with Gasteiger partial charge in [-0.05, 0) is 56.1 Å². The lowest BCUT2D eigenvalue weighted by atomic mass is 10.1. The maximum Gasteiger partial charge on any atom is 0.161 e. The molecule has 22 heavy (non-hydrogen) atoms. The Morgan fingerprint density at radius 2 is 1.91 bits per heavy atom. The number of aryl methyl sites for hydroxylation is 1. The van der Waals surface area contributed by atoms with E-state index in [4.69, 9.17) is 9.47 Å². The minimum atomic E-state index is 0. The van der Waals surface area contributed by atoms with E-state index in [1.54, 1.807) is 14.2 Å². The summed E-state index contributed by atoms with van der Waals surface area (Å²) in [5, 5.41) is 3.47. The summed E-state index contributed by atoms with van der Waals surface area (Å²) >= 11 is 0. The molecule has 1 heterocycles. The van der Waals surface area contributed by atoms with Gasteiger partial charge >= 0.3 is 0 Å². The zero-order valence-corrected chi connectivity index (χ0v) is 15.0. The lowest BCUT2D eigenvalue weighted by molar-refractivity contribution is 0.199. The van der Waals surface area contributed by atoms with Crippen molar-refractivity contribution in [2.45, 2.75) is 39.3 Å². The van der Waals surface area contributed by atoms with Crippen LogP contribution in [0.25, 0.3) is 0 Å². The lowest BCUT2D eigenvalue weighted by Gasteiger charge is -2.29. The Labute approximate surface area is 140 Å². The summed E-state index contributed by atoms with van der Waals surface area (Å²) in [5.74, 6) is 1.63. The number of rotatable bonds is 7. The van der Waals surface area contributed by atoms with Gasteiger partial charge in [-0.15, -0.1) is 12.4 Å². The van der Waals surface area contributed by atoms with E-state index in [2.05, 4.69) is 36.2 Å². The molecule has 1 aromatic rings. The lowest BCUT2D eigenvalue weighted by Crippen LogP contribution is -2.37. The number of ether oxygens (including phenoxy) is 2. The first kappa shape index (κ1) is 19.1. The van der Waals surface area contributed by atoms with Gasteiger partial charge in [0.05, 0.1) is 14.2 Å². The van der Waals surface area contributed by atoms with Crippen molar-refractivity contribution in [1.29, 1.82) is 0 Å². The van der Waals surface area contributed by atoms with E-state index < -0.39 is 0 Å². The van der Waals surface area contributed by atoms with Crippen LogP contribution in [0.1, 0.15) is 30.9 Å². The highest BCUT2D eigenvalue weighted by molar-refractivity contribution is 5.85. The van der Waals surface area contributed by atoms with Crippen LogP contribution in [0.2, 0.25) is 0 Å². The second-order valence-corrected chi connectivity index (χ2v) is 5.75. The van der Waals surface area contributed by atoms with Crippen molar-refractivity contribution >= 4 is 12.4 Å². The second-order valence-electron chi connectivity index (χ2n) is 5.75. The Hall–Kier alpha value is -0.970. The third kappa shape index (κ3) is 4.51. The van der Waals surface area contributed by atoms with Crippen molar-refractivity contribution in [3.8, 4) is 11.5 Å². The van der Waals surface area contributed by atoms with Crippen LogP contribution in [0.3, 0.4) is 0 Å². The molecule has 1 N–H and O–H groups in total. The molecule has 0 spiro atoms. The van der Waals surface area contributed by atoms with E-state index in [9.17, 15) is 0 Å². The van der Waals surface area contributed by atoms with Gasteiger partial charge in [0.2, 0.25) is 0 Å². The van der Waals surface area contributed by atoms with Gasteiger partial charge in [-0.25, -0.2) is 0 Å². The van der Waals surface area contributed by atoms with Crippen molar-refractivity contribution in [2.24, 2.45) is 0 Å². The average Bonchev–Trinajstić information content (AvgIpc) is 3.02. The highest BCUT2D eigenvalue weighted by atomic mass is 35.5. The van der Waals surface area contributed by atoms with E-state index in [0.29, 0.717) is 6.04 Å². The molecule has 1 atom stereocenters. The smallest absolute Gasteiger partial charge is 0.161 e. The van der Waals surface area contributed by atoms with Gasteiger partial charge in [0.25, 0.3) is 0 Å². The minimum absolute atomic E-state index is 0. The molecule has 0 saturated carbocycles.